The summed E-state index contributed by atoms with van der Waals surface area (Å²) >= 11 is 0. The second-order valence-corrected chi connectivity index (χ2v) is 6.05. The lowest BCUT2D eigenvalue weighted by atomic mass is 10.1. The van der Waals surface area contributed by atoms with Crippen molar-refractivity contribution in [1.29, 1.82) is 0 Å². The van der Waals surface area contributed by atoms with Gasteiger partial charge in [-0.05, 0) is 11.1 Å². The Bertz CT molecular complexity index is 805. The topological polar surface area (TPSA) is 52.6 Å². The van der Waals surface area contributed by atoms with E-state index in [1.807, 2.05) is 66.7 Å². The number of esters is 2. The predicted molar refractivity (Wildman–Crippen MR) is 102 cm³/mol. The molecule has 0 N–H and O–H groups in total. The lowest BCUT2D eigenvalue weighted by molar-refractivity contribution is -0.188. The molecule has 0 aliphatic carbocycles. The average molecular weight is 360 g/mol. The fourth-order valence-corrected chi connectivity index (χ4v) is 2.62. The van der Waals surface area contributed by atoms with Crippen molar-refractivity contribution in [2.75, 3.05) is 0 Å². The number of ether oxygens (including phenoxy) is 2. The molecule has 0 aliphatic heterocycles. The molecule has 0 aliphatic rings. The molecule has 0 radical (unpaired) electrons. The molecule has 0 spiro atoms. The summed E-state index contributed by atoms with van der Waals surface area (Å²) in [5.41, 5.74) is 2.29. The van der Waals surface area contributed by atoms with Crippen LogP contribution in [0, 0.1) is 0 Å². The summed E-state index contributed by atoms with van der Waals surface area (Å²) in [6.07, 6.45) is -0.848. The van der Waals surface area contributed by atoms with Gasteiger partial charge in [-0.25, -0.2) is 0 Å². The van der Waals surface area contributed by atoms with Gasteiger partial charge in [-0.3, -0.25) is 9.59 Å². The molecule has 0 saturated heterocycles. The normalized spacial score (nSPS) is 10.4. The third-order valence-electron chi connectivity index (χ3n) is 3.93. The van der Waals surface area contributed by atoms with E-state index in [4.69, 9.17) is 9.47 Å². The highest BCUT2D eigenvalue weighted by Gasteiger charge is 2.21. The third-order valence-corrected chi connectivity index (χ3v) is 3.93. The lowest BCUT2D eigenvalue weighted by Gasteiger charge is -2.19. The van der Waals surface area contributed by atoms with Crippen molar-refractivity contribution < 1.29 is 19.1 Å². The SMILES string of the molecule is O=C(Cc1ccccc1)OC(OC(=O)Cc1ccccc1)c1ccccc1. The van der Waals surface area contributed by atoms with Crippen LogP contribution >= 0.6 is 0 Å². The van der Waals surface area contributed by atoms with Gasteiger partial charge in [0.1, 0.15) is 0 Å². The summed E-state index contributed by atoms with van der Waals surface area (Å²) in [5.74, 6) is -0.912. The highest BCUT2D eigenvalue weighted by Crippen LogP contribution is 2.21. The predicted octanol–water partition coefficient (Wildman–Crippen LogP) is 4.26. The van der Waals surface area contributed by atoms with Crippen LogP contribution in [0.3, 0.4) is 0 Å². The summed E-state index contributed by atoms with van der Waals surface area (Å²) in [4.78, 5) is 24.6. The first-order chi connectivity index (χ1) is 13.2. The van der Waals surface area contributed by atoms with E-state index in [1.54, 1.807) is 24.3 Å². The maximum atomic E-state index is 12.3. The molecule has 0 aromatic heterocycles. The van der Waals surface area contributed by atoms with Crippen LogP contribution in [0.25, 0.3) is 0 Å². The minimum absolute atomic E-state index is 0.112. The number of rotatable bonds is 7. The highest BCUT2D eigenvalue weighted by molar-refractivity contribution is 5.74. The Kier molecular flexibility index (Phi) is 6.36. The second kappa shape index (κ2) is 9.34. The molecule has 3 aromatic carbocycles. The van der Waals surface area contributed by atoms with Crippen LogP contribution in [0.2, 0.25) is 0 Å². The van der Waals surface area contributed by atoms with Crippen molar-refractivity contribution in [2.24, 2.45) is 0 Å². The van der Waals surface area contributed by atoms with E-state index in [2.05, 4.69) is 0 Å². The van der Waals surface area contributed by atoms with Gasteiger partial charge in [0, 0.05) is 5.56 Å². The van der Waals surface area contributed by atoms with Crippen molar-refractivity contribution in [3.63, 3.8) is 0 Å². The smallest absolute Gasteiger partial charge is 0.313 e. The van der Waals surface area contributed by atoms with Gasteiger partial charge in [0.15, 0.2) is 0 Å². The minimum atomic E-state index is -1.07. The quantitative estimate of drug-likeness (QED) is 0.467. The molecule has 0 saturated carbocycles. The first-order valence-electron chi connectivity index (χ1n) is 8.72. The maximum Gasteiger partial charge on any atom is 0.313 e. The summed E-state index contributed by atoms with van der Waals surface area (Å²) in [7, 11) is 0. The fraction of sp³-hybridized carbons (Fsp3) is 0.130. The summed E-state index contributed by atoms with van der Waals surface area (Å²) < 4.78 is 10.9. The number of hydrogen-bond donors (Lipinski definition) is 0. The van der Waals surface area contributed by atoms with Crippen molar-refractivity contribution in [2.45, 2.75) is 19.1 Å². The molecule has 0 fully saturated rings. The second-order valence-electron chi connectivity index (χ2n) is 6.05. The van der Waals surface area contributed by atoms with Gasteiger partial charge < -0.3 is 9.47 Å². The van der Waals surface area contributed by atoms with Gasteiger partial charge in [0.05, 0.1) is 12.8 Å². The van der Waals surface area contributed by atoms with Gasteiger partial charge in [0.25, 0.3) is 6.29 Å². The molecule has 0 atom stereocenters. The lowest BCUT2D eigenvalue weighted by Crippen LogP contribution is -2.20. The summed E-state index contributed by atoms with van der Waals surface area (Å²) in [5, 5.41) is 0. The standard InChI is InChI=1S/C23H20O4/c24-21(16-18-10-4-1-5-11-18)26-23(20-14-8-3-9-15-20)27-22(25)17-19-12-6-2-7-13-19/h1-15,23H,16-17H2. The van der Waals surface area contributed by atoms with Gasteiger partial charge in [-0.1, -0.05) is 91.0 Å². The molecule has 0 amide bonds. The van der Waals surface area contributed by atoms with E-state index in [0.717, 1.165) is 11.1 Å². The van der Waals surface area contributed by atoms with E-state index >= 15 is 0 Å². The van der Waals surface area contributed by atoms with Crippen molar-refractivity contribution in [3.05, 3.63) is 108 Å². The number of carbonyl (C=O) groups excluding carboxylic acids is 2. The van der Waals surface area contributed by atoms with Gasteiger partial charge in [-0.15, -0.1) is 0 Å². The Morgan fingerprint density at radius 3 is 1.37 bits per heavy atom. The zero-order valence-electron chi connectivity index (χ0n) is 14.8. The molecule has 0 heterocycles. The van der Waals surface area contributed by atoms with Crippen molar-refractivity contribution in [3.8, 4) is 0 Å². The number of benzene rings is 3. The Morgan fingerprint density at radius 1 is 0.593 bits per heavy atom. The summed E-state index contributed by atoms with van der Waals surface area (Å²) in [6, 6.07) is 27.6. The van der Waals surface area contributed by atoms with Gasteiger partial charge in [0.2, 0.25) is 0 Å². The molecule has 4 heteroatoms. The molecule has 3 rings (SSSR count). The Morgan fingerprint density at radius 2 is 0.963 bits per heavy atom. The number of hydrogen-bond acceptors (Lipinski definition) is 4. The van der Waals surface area contributed by atoms with Crippen LogP contribution in [0.5, 0.6) is 0 Å². The Hall–Kier alpha value is -3.40. The third kappa shape index (κ3) is 5.82. The maximum absolute atomic E-state index is 12.3. The zero-order valence-corrected chi connectivity index (χ0v) is 14.8. The van der Waals surface area contributed by atoms with Crippen LogP contribution in [-0.2, 0) is 31.9 Å². The molecule has 0 unspecified atom stereocenters. The molecule has 0 bridgehead atoms. The van der Waals surface area contributed by atoms with Crippen molar-refractivity contribution >= 4 is 11.9 Å². The molecule has 27 heavy (non-hydrogen) atoms. The molecule has 136 valence electrons. The largest absolute Gasteiger partial charge is 0.420 e. The monoisotopic (exact) mass is 360 g/mol. The van der Waals surface area contributed by atoms with E-state index in [0.29, 0.717) is 5.56 Å². The first kappa shape index (κ1) is 18.4. The van der Waals surface area contributed by atoms with Crippen LogP contribution in [0.4, 0.5) is 0 Å². The van der Waals surface area contributed by atoms with Crippen molar-refractivity contribution in [1.82, 2.24) is 0 Å². The van der Waals surface area contributed by atoms with Crippen LogP contribution in [0.15, 0.2) is 91.0 Å². The molecule has 3 aromatic rings. The van der Waals surface area contributed by atoms with E-state index < -0.39 is 18.2 Å². The first-order valence-corrected chi connectivity index (χ1v) is 8.72. The van der Waals surface area contributed by atoms with Gasteiger partial charge >= 0.3 is 11.9 Å². The van der Waals surface area contributed by atoms with Crippen LogP contribution in [0.1, 0.15) is 23.0 Å². The van der Waals surface area contributed by atoms with Crippen LogP contribution < -0.4 is 0 Å². The Balaban J connectivity index is 1.67. The minimum Gasteiger partial charge on any atom is -0.420 e. The molecule has 4 nitrogen and oxygen atoms in total. The van der Waals surface area contributed by atoms with E-state index in [-0.39, 0.29) is 12.8 Å². The van der Waals surface area contributed by atoms with Gasteiger partial charge in [-0.2, -0.15) is 0 Å². The van der Waals surface area contributed by atoms with E-state index in [1.165, 1.54) is 0 Å². The fourth-order valence-electron chi connectivity index (χ4n) is 2.62. The van der Waals surface area contributed by atoms with E-state index in [9.17, 15) is 9.59 Å². The molecular formula is C23H20O4. The average Bonchev–Trinajstić information content (AvgIpc) is 2.69. The summed E-state index contributed by atoms with van der Waals surface area (Å²) in [6.45, 7) is 0. The number of carbonyl (C=O) groups is 2. The molecular weight excluding hydrogens is 340 g/mol. The van der Waals surface area contributed by atoms with Crippen LogP contribution in [-0.4, -0.2) is 11.9 Å². The zero-order chi connectivity index (χ0) is 18.9. The Labute approximate surface area is 158 Å². The highest BCUT2D eigenvalue weighted by atomic mass is 16.7.